The summed E-state index contributed by atoms with van der Waals surface area (Å²) in [5, 5.41) is 2.54. The van der Waals surface area contributed by atoms with E-state index in [-0.39, 0.29) is 0 Å². The Morgan fingerprint density at radius 2 is 1.89 bits per heavy atom. The first-order chi connectivity index (χ1) is 13.3. The molecule has 4 nitrogen and oxygen atoms in total. The number of hydrogen-bond acceptors (Lipinski definition) is 3. The number of nitrogens with zero attached hydrogens (tertiary/aromatic N) is 2. The summed E-state index contributed by atoms with van der Waals surface area (Å²) in [6.07, 6.45) is 4.97. The van der Waals surface area contributed by atoms with Crippen LogP contribution in [0.15, 0.2) is 63.8 Å². The molecule has 0 unspecified atom stereocenters. The largest absolute Gasteiger partial charge is 0.464 e. The highest BCUT2D eigenvalue weighted by molar-refractivity contribution is 9.10. The molecule has 27 heavy (non-hydrogen) atoms. The fourth-order valence-corrected chi connectivity index (χ4v) is 4.44. The average molecular weight is 424 g/mol. The molecule has 5 heteroatoms. The van der Waals surface area contributed by atoms with Crippen molar-refractivity contribution in [1.82, 2.24) is 9.88 Å². The number of rotatable bonds is 4. The Morgan fingerprint density at radius 1 is 1.00 bits per heavy atom. The minimum atomic E-state index is 0.970. The number of hydrogen-bond donors (Lipinski definition) is 1. The van der Waals surface area contributed by atoms with E-state index in [2.05, 4.69) is 61.0 Å². The molecular formula is C22H22BrN3O. The topological polar surface area (TPSA) is 35.4 Å². The predicted octanol–water partition coefficient (Wildman–Crippen LogP) is 5.04. The third kappa shape index (κ3) is 3.26. The van der Waals surface area contributed by atoms with Gasteiger partial charge in [-0.1, -0.05) is 22.0 Å². The second-order valence-electron chi connectivity index (χ2n) is 7.20. The van der Waals surface area contributed by atoms with Gasteiger partial charge >= 0.3 is 0 Å². The number of halogens is 1. The number of aromatic nitrogens is 1. The Labute approximate surface area is 166 Å². The molecule has 2 aromatic carbocycles. The number of aromatic amines is 1. The summed E-state index contributed by atoms with van der Waals surface area (Å²) in [7, 11) is 0. The highest BCUT2D eigenvalue weighted by Gasteiger charge is 2.19. The zero-order valence-corrected chi connectivity index (χ0v) is 16.7. The lowest BCUT2D eigenvalue weighted by atomic mass is 10.1. The SMILES string of the molecule is Brc1ccc2occ(CCN3CCN(c4cccc5[nH]ccc45)CC3)c2c1. The normalized spacial score (nSPS) is 15.8. The van der Waals surface area contributed by atoms with Gasteiger partial charge in [0.2, 0.25) is 0 Å². The van der Waals surface area contributed by atoms with Crippen molar-refractivity contribution >= 4 is 43.5 Å². The average Bonchev–Trinajstić information content (AvgIpc) is 3.33. The number of furan rings is 1. The molecule has 0 spiro atoms. The standard InChI is InChI=1S/C22H22BrN3O/c23-17-4-5-22-19(14-17)16(15-27-22)7-9-25-10-12-26(13-11-25)21-3-1-2-20-18(21)6-8-24-20/h1-6,8,14-15,24H,7,9-13H2. The van der Waals surface area contributed by atoms with E-state index in [4.69, 9.17) is 4.42 Å². The summed E-state index contributed by atoms with van der Waals surface area (Å²) in [5.41, 5.74) is 4.83. The van der Waals surface area contributed by atoms with Crippen molar-refractivity contribution in [3.8, 4) is 0 Å². The van der Waals surface area contributed by atoms with Gasteiger partial charge in [-0.05, 0) is 48.4 Å². The van der Waals surface area contributed by atoms with E-state index in [1.54, 1.807) is 0 Å². The first-order valence-corrected chi connectivity index (χ1v) is 10.3. The van der Waals surface area contributed by atoms with Crippen molar-refractivity contribution in [2.45, 2.75) is 6.42 Å². The van der Waals surface area contributed by atoms with E-state index in [9.17, 15) is 0 Å². The maximum absolute atomic E-state index is 5.70. The van der Waals surface area contributed by atoms with Gasteiger partial charge in [-0.15, -0.1) is 0 Å². The van der Waals surface area contributed by atoms with E-state index in [1.165, 1.54) is 27.5 Å². The van der Waals surface area contributed by atoms with Crippen molar-refractivity contribution < 1.29 is 4.42 Å². The van der Waals surface area contributed by atoms with Crippen LogP contribution in [-0.2, 0) is 6.42 Å². The quantitative estimate of drug-likeness (QED) is 0.499. The second-order valence-corrected chi connectivity index (χ2v) is 8.11. The van der Waals surface area contributed by atoms with Crippen LogP contribution >= 0.6 is 15.9 Å². The number of fused-ring (bicyclic) bond motifs is 2. The van der Waals surface area contributed by atoms with Crippen LogP contribution < -0.4 is 4.90 Å². The Hall–Kier alpha value is -2.24. The zero-order valence-electron chi connectivity index (χ0n) is 15.1. The van der Waals surface area contributed by atoms with E-state index >= 15 is 0 Å². The minimum absolute atomic E-state index is 0.970. The fraction of sp³-hybridized carbons (Fsp3) is 0.273. The summed E-state index contributed by atoms with van der Waals surface area (Å²) in [6, 6.07) is 14.9. The molecule has 3 heterocycles. The van der Waals surface area contributed by atoms with Crippen LogP contribution in [-0.4, -0.2) is 42.6 Å². The molecule has 0 saturated carbocycles. The smallest absolute Gasteiger partial charge is 0.134 e. The Morgan fingerprint density at radius 3 is 2.78 bits per heavy atom. The van der Waals surface area contributed by atoms with Gasteiger partial charge < -0.3 is 14.3 Å². The molecule has 1 aliphatic heterocycles. The zero-order chi connectivity index (χ0) is 18.2. The molecule has 1 fully saturated rings. The molecule has 0 radical (unpaired) electrons. The van der Waals surface area contributed by atoms with E-state index in [1.807, 2.05) is 24.6 Å². The summed E-state index contributed by atoms with van der Waals surface area (Å²) < 4.78 is 6.80. The molecule has 0 aliphatic carbocycles. The molecule has 5 rings (SSSR count). The van der Waals surface area contributed by atoms with Gasteiger partial charge in [0, 0.05) is 65.4 Å². The van der Waals surface area contributed by atoms with Gasteiger partial charge in [-0.3, -0.25) is 4.90 Å². The first kappa shape index (κ1) is 16.9. The molecule has 138 valence electrons. The molecule has 1 saturated heterocycles. The third-order valence-electron chi connectivity index (χ3n) is 5.60. The predicted molar refractivity (Wildman–Crippen MR) is 115 cm³/mol. The van der Waals surface area contributed by atoms with Gasteiger partial charge in [0.1, 0.15) is 5.58 Å². The monoisotopic (exact) mass is 423 g/mol. The molecule has 2 aromatic heterocycles. The third-order valence-corrected chi connectivity index (χ3v) is 6.09. The molecule has 1 aliphatic rings. The first-order valence-electron chi connectivity index (χ1n) is 9.47. The molecular weight excluding hydrogens is 402 g/mol. The lowest BCUT2D eigenvalue weighted by molar-refractivity contribution is 0.261. The van der Waals surface area contributed by atoms with Crippen LogP contribution in [0.5, 0.6) is 0 Å². The van der Waals surface area contributed by atoms with Crippen LogP contribution in [0.1, 0.15) is 5.56 Å². The van der Waals surface area contributed by atoms with Gasteiger partial charge in [-0.25, -0.2) is 0 Å². The van der Waals surface area contributed by atoms with Crippen molar-refractivity contribution in [3.05, 3.63) is 65.0 Å². The van der Waals surface area contributed by atoms with E-state index < -0.39 is 0 Å². The van der Waals surface area contributed by atoms with Gasteiger partial charge in [0.05, 0.1) is 6.26 Å². The number of piperazine rings is 1. The number of nitrogens with one attached hydrogen (secondary N) is 1. The number of H-pyrrole nitrogens is 1. The summed E-state index contributed by atoms with van der Waals surface area (Å²) in [4.78, 5) is 8.38. The van der Waals surface area contributed by atoms with Crippen molar-refractivity contribution in [1.29, 1.82) is 0 Å². The minimum Gasteiger partial charge on any atom is -0.464 e. The van der Waals surface area contributed by atoms with Crippen LogP contribution in [0.25, 0.3) is 21.9 Å². The Kier molecular flexibility index (Phi) is 4.42. The van der Waals surface area contributed by atoms with Crippen molar-refractivity contribution in [2.24, 2.45) is 0 Å². The Bertz CT molecular complexity index is 1080. The lowest BCUT2D eigenvalue weighted by Gasteiger charge is -2.36. The van der Waals surface area contributed by atoms with Gasteiger partial charge in [-0.2, -0.15) is 0 Å². The van der Waals surface area contributed by atoms with Crippen molar-refractivity contribution in [3.63, 3.8) is 0 Å². The van der Waals surface area contributed by atoms with Gasteiger partial charge in [0.25, 0.3) is 0 Å². The van der Waals surface area contributed by atoms with E-state index in [0.29, 0.717) is 0 Å². The molecule has 4 aromatic rings. The van der Waals surface area contributed by atoms with Crippen LogP contribution in [0.2, 0.25) is 0 Å². The van der Waals surface area contributed by atoms with Crippen molar-refractivity contribution in [2.75, 3.05) is 37.6 Å². The van der Waals surface area contributed by atoms with Crippen LogP contribution in [0, 0.1) is 0 Å². The molecule has 0 atom stereocenters. The summed E-state index contributed by atoms with van der Waals surface area (Å²) >= 11 is 3.56. The van der Waals surface area contributed by atoms with Crippen LogP contribution in [0.3, 0.4) is 0 Å². The molecule has 1 N–H and O–H groups in total. The highest BCUT2D eigenvalue weighted by atomic mass is 79.9. The molecule has 0 bridgehead atoms. The fourth-order valence-electron chi connectivity index (χ4n) is 4.08. The second kappa shape index (κ2) is 7.06. The highest BCUT2D eigenvalue weighted by Crippen LogP contribution is 2.28. The Balaban J connectivity index is 1.23. The van der Waals surface area contributed by atoms with Gasteiger partial charge in [0.15, 0.2) is 0 Å². The summed E-state index contributed by atoms with van der Waals surface area (Å²) in [6.45, 7) is 5.41. The summed E-state index contributed by atoms with van der Waals surface area (Å²) in [5.74, 6) is 0. The van der Waals surface area contributed by atoms with Crippen LogP contribution in [0.4, 0.5) is 5.69 Å². The lowest BCUT2D eigenvalue weighted by Crippen LogP contribution is -2.47. The maximum Gasteiger partial charge on any atom is 0.134 e. The number of anilines is 1. The molecule has 0 amide bonds. The number of benzene rings is 2. The van der Waals surface area contributed by atoms with E-state index in [0.717, 1.165) is 49.2 Å². The maximum atomic E-state index is 5.70.